The zero-order chi connectivity index (χ0) is 22.5. The molecule has 0 amide bonds. The maximum Gasteiger partial charge on any atom is 0.230 e. The number of hydrogen-bond acceptors (Lipinski definition) is 5. The zero-order valence-corrected chi connectivity index (χ0v) is 19.0. The van der Waals surface area contributed by atoms with Gasteiger partial charge in [-0.15, -0.1) is 5.10 Å². The maximum atomic E-state index is 14.9. The van der Waals surface area contributed by atoms with Crippen molar-refractivity contribution in [1.29, 1.82) is 0 Å². The van der Waals surface area contributed by atoms with Crippen molar-refractivity contribution in [1.82, 2.24) is 15.2 Å². The Balaban J connectivity index is 1.43. The van der Waals surface area contributed by atoms with Gasteiger partial charge in [-0.1, -0.05) is 61.5 Å². The number of aromatic amines is 1. The molecule has 1 atom stereocenters. The van der Waals surface area contributed by atoms with Crippen molar-refractivity contribution in [3.05, 3.63) is 95.6 Å². The molecule has 4 aromatic rings. The van der Waals surface area contributed by atoms with Crippen LogP contribution in [0, 0.1) is 5.82 Å². The van der Waals surface area contributed by atoms with E-state index in [0.717, 1.165) is 22.4 Å². The average Bonchev–Trinajstić information content (AvgIpc) is 3.28. The first-order valence-corrected chi connectivity index (χ1v) is 11.0. The predicted octanol–water partition coefficient (Wildman–Crippen LogP) is 5.95. The molecule has 162 valence electrons. The molecule has 4 rings (SSSR count). The van der Waals surface area contributed by atoms with Crippen LogP contribution in [0.15, 0.2) is 82.4 Å². The second-order valence-corrected chi connectivity index (χ2v) is 8.40. The SMILES string of the molecule is CC(c1nc(SN=Cc2ccc(N(C)C)cc2)n[nH]1)c1ccc(-c2ccccc2)cc1F. The summed E-state index contributed by atoms with van der Waals surface area (Å²) < 4.78 is 19.2. The lowest BCUT2D eigenvalue weighted by atomic mass is 9.96. The molecule has 1 aromatic heterocycles. The van der Waals surface area contributed by atoms with Gasteiger partial charge in [0.1, 0.15) is 11.6 Å². The van der Waals surface area contributed by atoms with Gasteiger partial charge in [0.15, 0.2) is 0 Å². The topological polar surface area (TPSA) is 57.2 Å². The van der Waals surface area contributed by atoms with Crippen LogP contribution in [0.25, 0.3) is 11.1 Å². The molecular formula is C25H24FN5S. The minimum atomic E-state index is -0.261. The normalized spacial score (nSPS) is 12.2. The summed E-state index contributed by atoms with van der Waals surface area (Å²) in [4.78, 5) is 6.53. The molecule has 0 aliphatic heterocycles. The lowest BCUT2D eigenvalue weighted by Crippen LogP contribution is -2.08. The minimum absolute atomic E-state index is 0.260. The Morgan fingerprint density at radius 2 is 1.75 bits per heavy atom. The lowest BCUT2D eigenvalue weighted by molar-refractivity contribution is 0.599. The van der Waals surface area contributed by atoms with Crippen molar-refractivity contribution in [2.24, 2.45) is 4.40 Å². The van der Waals surface area contributed by atoms with E-state index in [4.69, 9.17) is 0 Å². The molecule has 0 aliphatic rings. The van der Waals surface area contributed by atoms with Crippen molar-refractivity contribution in [2.45, 2.75) is 18.0 Å². The van der Waals surface area contributed by atoms with Gasteiger partial charge >= 0.3 is 0 Å². The number of nitrogens with one attached hydrogen (secondary N) is 1. The first kappa shape index (κ1) is 21.8. The van der Waals surface area contributed by atoms with E-state index < -0.39 is 0 Å². The molecule has 0 fully saturated rings. The summed E-state index contributed by atoms with van der Waals surface area (Å²) in [6, 6.07) is 23.2. The van der Waals surface area contributed by atoms with Gasteiger partial charge < -0.3 is 4.90 Å². The quantitative estimate of drug-likeness (QED) is 0.282. The number of anilines is 1. The number of nitrogens with zero attached hydrogens (tertiary/aromatic N) is 4. The van der Waals surface area contributed by atoms with Gasteiger partial charge in [-0.05, 0) is 40.5 Å². The number of benzene rings is 3. The summed E-state index contributed by atoms with van der Waals surface area (Å²) in [5.74, 6) is 0.0808. The molecule has 3 aromatic carbocycles. The van der Waals surface area contributed by atoms with Crippen LogP contribution in [0.2, 0.25) is 0 Å². The van der Waals surface area contributed by atoms with Crippen LogP contribution in [0.3, 0.4) is 0 Å². The Morgan fingerprint density at radius 3 is 2.44 bits per heavy atom. The lowest BCUT2D eigenvalue weighted by Gasteiger charge is -2.11. The van der Waals surface area contributed by atoms with Crippen LogP contribution < -0.4 is 4.90 Å². The Kier molecular flexibility index (Phi) is 6.66. The summed E-state index contributed by atoms with van der Waals surface area (Å²) in [7, 11) is 4.01. The van der Waals surface area contributed by atoms with Gasteiger partial charge in [-0.2, -0.15) is 0 Å². The predicted molar refractivity (Wildman–Crippen MR) is 130 cm³/mol. The molecule has 32 heavy (non-hydrogen) atoms. The molecule has 1 heterocycles. The average molecular weight is 446 g/mol. The molecule has 0 radical (unpaired) electrons. The van der Waals surface area contributed by atoms with E-state index >= 15 is 0 Å². The van der Waals surface area contributed by atoms with Crippen LogP contribution in [0.1, 0.15) is 29.8 Å². The first-order valence-electron chi connectivity index (χ1n) is 10.3. The van der Waals surface area contributed by atoms with E-state index in [1.54, 1.807) is 12.3 Å². The smallest absolute Gasteiger partial charge is 0.230 e. The highest BCUT2D eigenvalue weighted by molar-refractivity contribution is 7.98. The van der Waals surface area contributed by atoms with Gasteiger partial charge in [-0.25, -0.2) is 13.8 Å². The van der Waals surface area contributed by atoms with Crippen LogP contribution >= 0.6 is 11.9 Å². The Morgan fingerprint density at radius 1 is 1.00 bits per heavy atom. The van der Waals surface area contributed by atoms with Crippen LogP contribution in [-0.4, -0.2) is 35.5 Å². The molecule has 1 unspecified atom stereocenters. The van der Waals surface area contributed by atoms with Gasteiger partial charge in [0, 0.05) is 31.9 Å². The Bertz CT molecular complexity index is 1200. The van der Waals surface area contributed by atoms with Crippen LogP contribution in [0.5, 0.6) is 0 Å². The molecule has 0 saturated carbocycles. The highest BCUT2D eigenvalue weighted by Crippen LogP contribution is 2.29. The zero-order valence-electron chi connectivity index (χ0n) is 18.2. The number of aromatic nitrogens is 3. The van der Waals surface area contributed by atoms with E-state index in [1.807, 2.05) is 92.6 Å². The molecule has 0 aliphatic carbocycles. The van der Waals surface area contributed by atoms with Crippen molar-refractivity contribution in [3.63, 3.8) is 0 Å². The highest BCUT2D eigenvalue weighted by atomic mass is 32.2. The highest BCUT2D eigenvalue weighted by Gasteiger charge is 2.18. The van der Waals surface area contributed by atoms with Crippen LogP contribution in [0.4, 0.5) is 10.1 Å². The Labute approximate surface area is 191 Å². The second-order valence-electron chi connectivity index (χ2n) is 7.64. The maximum absolute atomic E-state index is 14.9. The summed E-state index contributed by atoms with van der Waals surface area (Å²) in [6.07, 6.45) is 1.77. The van der Waals surface area contributed by atoms with Crippen molar-refractivity contribution < 1.29 is 4.39 Å². The summed E-state index contributed by atoms with van der Waals surface area (Å²) in [5, 5.41) is 7.62. The number of H-pyrrole nitrogens is 1. The summed E-state index contributed by atoms with van der Waals surface area (Å²) in [6.45, 7) is 1.91. The fraction of sp³-hybridized carbons (Fsp3) is 0.160. The molecular weight excluding hydrogens is 421 g/mol. The van der Waals surface area contributed by atoms with E-state index in [9.17, 15) is 4.39 Å². The van der Waals surface area contributed by atoms with Crippen LogP contribution in [-0.2, 0) is 0 Å². The van der Waals surface area contributed by atoms with E-state index in [-0.39, 0.29) is 11.7 Å². The van der Waals surface area contributed by atoms with E-state index in [1.165, 1.54) is 11.9 Å². The van der Waals surface area contributed by atoms with Crippen molar-refractivity contribution >= 4 is 23.8 Å². The third-order valence-corrected chi connectivity index (χ3v) is 5.77. The van der Waals surface area contributed by atoms with Crippen molar-refractivity contribution in [2.75, 3.05) is 19.0 Å². The largest absolute Gasteiger partial charge is 0.378 e. The first-order chi connectivity index (χ1) is 15.5. The van der Waals surface area contributed by atoms with E-state index in [0.29, 0.717) is 16.5 Å². The van der Waals surface area contributed by atoms with Gasteiger partial charge in [-0.3, -0.25) is 5.10 Å². The van der Waals surface area contributed by atoms with Crippen molar-refractivity contribution in [3.8, 4) is 11.1 Å². The Hall–Kier alpha value is -3.45. The fourth-order valence-electron chi connectivity index (χ4n) is 3.32. The monoisotopic (exact) mass is 445 g/mol. The molecule has 7 heteroatoms. The molecule has 0 spiro atoms. The minimum Gasteiger partial charge on any atom is -0.378 e. The molecule has 0 bridgehead atoms. The van der Waals surface area contributed by atoms with Gasteiger partial charge in [0.25, 0.3) is 0 Å². The number of rotatable bonds is 7. The fourth-order valence-corrected chi connectivity index (χ4v) is 3.82. The third kappa shape index (κ3) is 5.06. The second kappa shape index (κ2) is 9.78. The third-order valence-electron chi connectivity index (χ3n) is 5.21. The number of halogens is 1. The molecule has 1 N–H and O–H groups in total. The number of hydrogen-bond donors (Lipinski definition) is 1. The molecule has 0 saturated heterocycles. The van der Waals surface area contributed by atoms with Gasteiger partial charge in [0.05, 0.1) is 11.9 Å². The van der Waals surface area contributed by atoms with E-state index in [2.05, 4.69) is 19.6 Å². The molecule has 5 nitrogen and oxygen atoms in total. The standard InChI is InChI=1S/C25H24FN5S/c1-17(22-14-11-20(15-23(22)26)19-7-5-4-6-8-19)24-28-25(30-29-24)32-27-16-18-9-12-21(13-10-18)31(2)3/h4-17H,1-3H3,(H,28,29,30). The van der Waals surface area contributed by atoms with Gasteiger partial charge in [0.2, 0.25) is 5.16 Å². The summed E-state index contributed by atoms with van der Waals surface area (Å²) in [5.41, 5.74) is 4.53. The summed E-state index contributed by atoms with van der Waals surface area (Å²) >= 11 is 1.17.